The predicted molar refractivity (Wildman–Crippen MR) is 102 cm³/mol. The van der Waals surface area contributed by atoms with Gasteiger partial charge in [-0.1, -0.05) is 5.16 Å². The number of hydrogen-bond acceptors (Lipinski definition) is 5. The molecular weight excluding hydrogens is 358 g/mol. The third-order valence-electron chi connectivity index (χ3n) is 5.93. The molecule has 0 aromatic carbocycles. The molecule has 28 heavy (non-hydrogen) atoms. The Labute approximate surface area is 164 Å². The van der Waals surface area contributed by atoms with E-state index in [1.54, 1.807) is 4.90 Å². The van der Waals surface area contributed by atoms with Crippen LogP contribution in [-0.2, 0) is 17.8 Å². The number of likely N-dealkylation sites (tertiary alicyclic amines) is 1. The molecule has 150 valence electrons. The van der Waals surface area contributed by atoms with E-state index in [0.29, 0.717) is 24.4 Å². The molecule has 8 heteroatoms. The van der Waals surface area contributed by atoms with Gasteiger partial charge in [0.15, 0.2) is 0 Å². The van der Waals surface area contributed by atoms with E-state index in [4.69, 9.17) is 9.62 Å². The van der Waals surface area contributed by atoms with Crippen LogP contribution in [0.4, 0.5) is 0 Å². The lowest BCUT2D eigenvalue weighted by Crippen LogP contribution is -2.40. The summed E-state index contributed by atoms with van der Waals surface area (Å²) in [4.78, 5) is 29.1. The van der Waals surface area contributed by atoms with E-state index in [1.807, 2.05) is 36.5 Å². The first-order valence-electron chi connectivity index (χ1n) is 9.96. The van der Waals surface area contributed by atoms with Crippen LogP contribution in [0.2, 0.25) is 0 Å². The highest BCUT2D eigenvalue weighted by Crippen LogP contribution is 2.28. The monoisotopic (exact) mass is 385 g/mol. The summed E-state index contributed by atoms with van der Waals surface area (Å²) in [6.45, 7) is 6.62. The van der Waals surface area contributed by atoms with E-state index < -0.39 is 0 Å². The number of fused-ring (bicyclic) bond motifs is 1. The quantitative estimate of drug-likeness (QED) is 0.806. The lowest BCUT2D eigenvalue weighted by molar-refractivity contribution is -0.131. The van der Waals surface area contributed by atoms with E-state index in [0.717, 1.165) is 55.8 Å². The molecule has 0 bridgehead atoms. The van der Waals surface area contributed by atoms with Gasteiger partial charge in [0.1, 0.15) is 11.5 Å². The van der Waals surface area contributed by atoms with Gasteiger partial charge < -0.3 is 14.3 Å². The van der Waals surface area contributed by atoms with Crippen LogP contribution in [0.3, 0.4) is 0 Å². The van der Waals surface area contributed by atoms with Crippen LogP contribution < -0.4 is 0 Å². The zero-order valence-electron chi connectivity index (χ0n) is 16.8. The fraction of sp³-hybridized carbons (Fsp3) is 0.600. The molecule has 2 aliphatic heterocycles. The summed E-state index contributed by atoms with van der Waals surface area (Å²) < 4.78 is 7.02. The average molecular weight is 385 g/mol. The minimum Gasteiger partial charge on any atom is -0.361 e. The van der Waals surface area contributed by atoms with Gasteiger partial charge in [0.25, 0.3) is 5.91 Å². The van der Waals surface area contributed by atoms with Gasteiger partial charge in [-0.05, 0) is 39.2 Å². The van der Waals surface area contributed by atoms with Crippen molar-refractivity contribution in [3.8, 4) is 0 Å². The fourth-order valence-corrected chi connectivity index (χ4v) is 4.20. The molecule has 4 heterocycles. The molecule has 0 spiro atoms. The molecule has 1 atom stereocenters. The molecule has 2 aliphatic rings. The summed E-state index contributed by atoms with van der Waals surface area (Å²) >= 11 is 0. The van der Waals surface area contributed by atoms with Crippen molar-refractivity contribution in [3.05, 3.63) is 34.5 Å². The number of carbonyl (C=O) groups is 2. The number of amides is 2. The Morgan fingerprint density at radius 3 is 2.82 bits per heavy atom. The molecule has 2 amide bonds. The first-order chi connectivity index (χ1) is 13.4. The van der Waals surface area contributed by atoms with Crippen molar-refractivity contribution in [2.24, 2.45) is 0 Å². The van der Waals surface area contributed by atoms with Gasteiger partial charge in [0.2, 0.25) is 5.91 Å². The first kappa shape index (κ1) is 18.7. The van der Waals surface area contributed by atoms with Crippen molar-refractivity contribution < 1.29 is 14.1 Å². The molecule has 0 saturated carbocycles. The third-order valence-corrected chi connectivity index (χ3v) is 5.93. The van der Waals surface area contributed by atoms with Crippen LogP contribution in [0.25, 0.3) is 0 Å². The zero-order valence-corrected chi connectivity index (χ0v) is 16.8. The van der Waals surface area contributed by atoms with Gasteiger partial charge in [-0.15, -0.1) is 0 Å². The first-order valence-corrected chi connectivity index (χ1v) is 9.96. The second kappa shape index (κ2) is 7.41. The zero-order chi connectivity index (χ0) is 19.8. The largest absolute Gasteiger partial charge is 0.361 e. The van der Waals surface area contributed by atoms with Gasteiger partial charge >= 0.3 is 0 Å². The predicted octanol–water partition coefficient (Wildman–Crippen LogP) is 1.91. The lowest BCUT2D eigenvalue weighted by atomic mass is 9.94. The maximum Gasteiger partial charge on any atom is 0.271 e. The number of hydrogen-bond donors (Lipinski definition) is 0. The standard InChI is InChI=1S/C20H27N5O3/c1-13-16(14(2)28-22-13)10-19(26)24-8-4-6-15(12-24)17-11-18-20(27)23(3)7-5-9-25(18)21-17/h11,15H,4-10,12H2,1-3H3. The summed E-state index contributed by atoms with van der Waals surface area (Å²) in [7, 11) is 1.83. The molecule has 1 fully saturated rings. The number of piperidine rings is 1. The Kier molecular flexibility index (Phi) is 4.95. The highest BCUT2D eigenvalue weighted by atomic mass is 16.5. The molecular formula is C20H27N5O3. The number of nitrogens with zero attached hydrogens (tertiary/aromatic N) is 5. The number of aryl methyl sites for hydroxylation is 3. The van der Waals surface area contributed by atoms with Crippen molar-refractivity contribution in [2.45, 2.75) is 52.0 Å². The van der Waals surface area contributed by atoms with Gasteiger partial charge in [-0.25, -0.2) is 0 Å². The molecule has 0 N–H and O–H groups in total. The smallest absolute Gasteiger partial charge is 0.271 e. The molecule has 2 aromatic heterocycles. The van der Waals surface area contributed by atoms with E-state index >= 15 is 0 Å². The molecule has 1 saturated heterocycles. The van der Waals surface area contributed by atoms with Crippen LogP contribution in [0, 0.1) is 13.8 Å². The second-order valence-electron chi connectivity index (χ2n) is 7.92. The van der Waals surface area contributed by atoms with Crippen LogP contribution in [-0.4, -0.2) is 63.2 Å². The highest BCUT2D eigenvalue weighted by molar-refractivity contribution is 5.92. The van der Waals surface area contributed by atoms with Crippen molar-refractivity contribution in [1.29, 1.82) is 0 Å². The summed E-state index contributed by atoms with van der Waals surface area (Å²) in [6.07, 6.45) is 3.14. The van der Waals surface area contributed by atoms with Gasteiger partial charge in [-0.2, -0.15) is 5.10 Å². The number of rotatable bonds is 3. The summed E-state index contributed by atoms with van der Waals surface area (Å²) in [5.41, 5.74) is 3.25. The highest BCUT2D eigenvalue weighted by Gasteiger charge is 2.30. The van der Waals surface area contributed by atoms with Gasteiger partial charge in [-0.3, -0.25) is 14.3 Å². The van der Waals surface area contributed by atoms with Crippen LogP contribution in [0.5, 0.6) is 0 Å². The topological polar surface area (TPSA) is 84.5 Å². The van der Waals surface area contributed by atoms with Crippen LogP contribution >= 0.6 is 0 Å². The van der Waals surface area contributed by atoms with Crippen LogP contribution in [0.15, 0.2) is 10.6 Å². The van der Waals surface area contributed by atoms with Crippen molar-refractivity contribution in [1.82, 2.24) is 24.7 Å². The average Bonchev–Trinajstić information content (AvgIpc) is 3.22. The summed E-state index contributed by atoms with van der Waals surface area (Å²) in [5.74, 6) is 0.994. The maximum atomic E-state index is 12.9. The lowest BCUT2D eigenvalue weighted by Gasteiger charge is -2.32. The summed E-state index contributed by atoms with van der Waals surface area (Å²) in [5, 5.41) is 8.66. The molecule has 1 unspecified atom stereocenters. The summed E-state index contributed by atoms with van der Waals surface area (Å²) in [6, 6.07) is 1.93. The maximum absolute atomic E-state index is 12.9. The van der Waals surface area contributed by atoms with Gasteiger partial charge in [0, 0.05) is 44.7 Å². The van der Waals surface area contributed by atoms with Gasteiger partial charge in [0.05, 0.1) is 17.8 Å². The minimum absolute atomic E-state index is 0.0263. The normalized spacial score (nSPS) is 20.2. The Morgan fingerprint density at radius 1 is 1.25 bits per heavy atom. The Morgan fingerprint density at radius 2 is 2.07 bits per heavy atom. The number of carbonyl (C=O) groups excluding carboxylic acids is 2. The van der Waals surface area contributed by atoms with E-state index in [1.165, 1.54) is 0 Å². The molecule has 2 aromatic rings. The molecule has 0 aliphatic carbocycles. The van der Waals surface area contributed by atoms with E-state index in [2.05, 4.69) is 5.16 Å². The minimum atomic E-state index is 0.0263. The van der Waals surface area contributed by atoms with Crippen molar-refractivity contribution in [3.63, 3.8) is 0 Å². The second-order valence-corrected chi connectivity index (χ2v) is 7.92. The van der Waals surface area contributed by atoms with Crippen LogP contribution in [0.1, 0.15) is 58.4 Å². The molecule has 4 rings (SSSR count). The molecule has 0 radical (unpaired) electrons. The van der Waals surface area contributed by atoms with Crippen molar-refractivity contribution in [2.75, 3.05) is 26.7 Å². The fourth-order valence-electron chi connectivity index (χ4n) is 4.20. The Balaban J connectivity index is 1.48. The Hall–Kier alpha value is -2.64. The van der Waals surface area contributed by atoms with E-state index in [-0.39, 0.29) is 17.7 Å². The third kappa shape index (κ3) is 3.43. The molecule has 8 nitrogen and oxygen atoms in total. The van der Waals surface area contributed by atoms with E-state index in [9.17, 15) is 9.59 Å². The van der Waals surface area contributed by atoms with Crippen molar-refractivity contribution >= 4 is 11.8 Å². The number of aromatic nitrogens is 3. The SMILES string of the molecule is Cc1noc(C)c1CC(=O)N1CCCC(c2cc3n(n2)CCCN(C)C3=O)C1. The Bertz CT molecular complexity index is 880.